The molecule has 4 rings (SSSR count). The Labute approximate surface area is 178 Å². The van der Waals surface area contributed by atoms with E-state index >= 15 is 0 Å². The zero-order valence-electron chi connectivity index (χ0n) is 17.6. The van der Waals surface area contributed by atoms with Crippen molar-refractivity contribution in [3.63, 3.8) is 0 Å². The van der Waals surface area contributed by atoms with Gasteiger partial charge in [-0.3, -0.25) is 14.6 Å². The van der Waals surface area contributed by atoms with Crippen molar-refractivity contribution >= 4 is 11.8 Å². The minimum atomic E-state index is 0.0413. The SMILES string of the molecule is O=C(CCc1ccc(CC2CCN(C(=O)c3ccccn3)CC2)cc1)NCC1CC1. The van der Waals surface area contributed by atoms with Crippen LogP contribution in [-0.2, 0) is 17.6 Å². The summed E-state index contributed by atoms with van der Waals surface area (Å²) in [5, 5.41) is 3.03. The number of likely N-dealkylation sites (tertiary alicyclic amines) is 1. The number of carbonyl (C=O) groups is 2. The van der Waals surface area contributed by atoms with Crippen molar-refractivity contribution < 1.29 is 9.59 Å². The Morgan fingerprint density at radius 1 is 0.933 bits per heavy atom. The van der Waals surface area contributed by atoms with E-state index in [2.05, 4.69) is 34.6 Å². The summed E-state index contributed by atoms with van der Waals surface area (Å²) in [6, 6.07) is 14.2. The lowest BCUT2D eigenvalue weighted by atomic mass is 9.89. The normalized spacial score (nSPS) is 17.0. The van der Waals surface area contributed by atoms with Crippen molar-refractivity contribution in [2.24, 2.45) is 11.8 Å². The maximum Gasteiger partial charge on any atom is 0.272 e. The highest BCUT2D eigenvalue weighted by Crippen LogP contribution is 2.27. The van der Waals surface area contributed by atoms with Crippen molar-refractivity contribution in [2.45, 2.75) is 44.9 Å². The molecule has 0 spiro atoms. The molecular formula is C25H31N3O2. The Balaban J connectivity index is 1.18. The third kappa shape index (κ3) is 5.91. The number of carbonyl (C=O) groups excluding carboxylic acids is 2. The summed E-state index contributed by atoms with van der Waals surface area (Å²) in [7, 11) is 0. The molecular weight excluding hydrogens is 374 g/mol. The lowest BCUT2D eigenvalue weighted by molar-refractivity contribution is -0.121. The molecule has 2 amide bonds. The van der Waals surface area contributed by atoms with Crippen LogP contribution in [0, 0.1) is 11.8 Å². The van der Waals surface area contributed by atoms with Crippen LogP contribution in [-0.4, -0.2) is 41.3 Å². The molecule has 2 aliphatic rings. The predicted molar refractivity (Wildman–Crippen MR) is 117 cm³/mol. The molecule has 0 atom stereocenters. The summed E-state index contributed by atoms with van der Waals surface area (Å²) in [5.41, 5.74) is 3.09. The number of nitrogens with one attached hydrogen (secondary N) is 1. The molecule has 1 N–H and O–H groups in total. The van der Waals surface area contributed by atoms with E-state index < -0.39 is 0 Å². The van der Waals surface area contributed by atoms with Crippen LogP contribution in [0.3, 0.4) is 0 Å². The van der Waals surface area contributed by atoms with Crippen molar-refractivity contribution in [1.29, 1.82) is 0 Å². The van der Waals surface area contributed by atoms with Gasteiger partial charge in [0.25, 0.3) is 5.91 Å². The number of pyridine rings is 1. The zero-order chi connectivity index (χ0) is 20.8. The predicted octanol–water partition coefficient (Wildman–Crippen LogP) is 3.64. The summed E-state index contributed by atoms with van der Waals surface area (Å²) in [6.45, 7) is 2.45. The monoisotopic (exact) mass is 405 g/mol. The summed E-state index contributed by atoms with van der Waals surface area (Å²) in [4.78, 5) is 30.5. The van der Waals surface area contributed by atoms with E-state index in [0.29, 0.717) is 18.0 Å². The molecule has 1 saturated heterocycles. The number of amides is 2. The van der Waals surface area contributed by atoms with Gasteiger partial charge in [-0.15, -0.1) is 0 Å². The van der Waals surface area contributed by atoms with Crippen LogP contribution in [0.5, 0.6) is 0 Å². The first-order chi connectivity index (χ1) is 14.7. The van der Waals surface area contributed by atoms with Gasteiger partial charge in [0.1, 0.15) is 5.69 Å². The number of aryl methyl sites for hydroxylation is 1. The average Bonchev–Trinajstić information content (AvgIpc) is 3.62. The second-order valence-corrected chi connectivity index (χ2v) is 8.72. The molecule has 5 nitrogen and oxygen atoms in total. The van der Waals surface area contributed by atoms with Crippen molar-refractivity contribution in [3.8, 4) is 0 Å². The molecule has 1 aliphatic carbocycles. The molecule has 2 aromatic rings. The Kier molecular flexibility index (Phi) is 6.77. The number of benzene rings is 1. The standard InChI is InChI=1S/C25H31N3O2/c29-24(27-18-22-8-9-22)11-10-19-4-6-20(7-5-19)17-21-12-15-28(16-13-21)25(30)23-3-1-2-14-26-23/h1-7,14,21-22H,8-13,15-18H2,(H,27,29). The van der Waals surface area contributed by atoms with Crippen molar-refractivity contribution in [1.82, 2.24) is 15.2 Å². The van der Waals surface area contributed by atoms with Gasteiger partial charge in [-0.1, -0.05) is 30.3 Å². The number of nitrogens with zero attached hydrogens (tertiary/aromatic N) is 2. The Morgan fingerprint density at radius 3 is 2.33 bits per heavy atom. The number of aromatic nitrogens is 1. The third-order valence-corrected chi connectivity index (χ3v) is 6.26. The van der Waals surface area contributed by atoms with Gasteiger partial charge >= 0.3 is 0 Å². The van der Waals surface area contributed by atoms with Crippen LogP contribution < -0.4 is 5.32 Å². The molecule has 0 bridgehead atoms. The van der Waals surface area contributed by atoms with Crippen LogP contribution in [0.15, 0.2) is 48.7 Å². The number of hydrogen-bond donors (Lipinski definition) is 1. The summed E-state index contributed by atoms with van der Waals surface area (Å²) in [6.07, 6.45) is 8.67. The molecule has 30 heavy (non-hydrogen) atoms. The van der Waals surface area contributed by atoms with Crippen LogP contribution >= 0.6 is 0 Å². The molecule has 0 unspecified atom stereocenters. The quantitative estimate of drug-likeness (QED) is 0.729. The van der Waals surface area contributed by atoms with Gasteiger partial charge in [0, 0.05) is 32.3 Å². The van der Waals surface area contributed by atoms with Gasteiger partial charge in [-0.25, -0.2) is 0 Å². The fourth-order valence-corrected chi connectivity index (χ4v) is 4.09. The smallest absolute Gasteiger partial charge is 0.272 e. The molecule has 1 aliphatic heterocycles. The summed E-state index contributed by atoms with van der Waals surface area (Å²) < 4.78 is 0. The Bertz CT molecular complexity index is 838. The van der Waals surface area contributed by atoms with Crippen LogP contribution in [0.1, 0.15) is 53.7 Å². The number of rotatable bonds is 8. The van der Waals surface area contributed by atoms with Gasteiger partial charge in [-0.05, 0) is 73.6 Å². The van der Waals surface area contributed by atoms with Gasteiger partial charge in [0.15, 0.2) is 0 Å². The first-order valence-electron chi connectivity index (χ1n) is 11.2. The molecule has 1 aromatic heterocycles. The minimum Gasteiger partial charge on any atom is -0.356 e. The van der Waals surface area contributed by atoms with Gasteiger partial charge in [0.2, 0.25) is 5.91 Å². The van der Waals surface area contributed by atoms with Crippen molar-refractivity contribution in [3.05, 3.63) is 65.5 Å². The second-order valence-electron chi connectivity index (χ2n) is 8.72. The van der Waals surface area contributed by atoms with Gasteiger partial charge < -0.3 is 10.2 Å². The van der Waals surface area contributed by atoms with E-state index in [-0.39, 0.29) is 11.8 Å². The lowest BCUT2D eigenvalue weighted by Crippen LogP contribution is -2.39. The van der Waals surface area contributed by atoms with E-state index in [1.54, 1.807) is 12.3 Å². The fraction of sp³-hybridized carbons (Fsp3) is 0.480. The maximum atomic E-state index is 12.5. The summed E-state index contributed by atoms with van der Waals surface area (Å²) >= 11 is 0. The lowest BCUT2D eigenvalue weighted by Gasteiger charge is -2.32. The summed E-state index contributed by atoms with van der Waals surface area (Å²) in [5.74, 6) is 1.54. The number of hydrogen-bond acceptors (Lipinski definition) is 3. The van der Waals surface area contributed by atoms with E-state index in [4.69, 9.17) is 0 Å². The fourth-order valence-electron chi connectivity index (χ4n) is 4.09. The highest BCUT2D eigenvalue weighted by Gasteiger charge is 2.24. The molecule has 2 fully saturated rings. The van der Waals surface area contributed by atoms with Gasteiger partial charge in [-0.2, -0.15) is 0 Å². The molecule has 0 radical (unpaired) electrons. The molecule has 2 heterocycles. The van der Waals surface area contributed by atoms with E-state index in [9.17, 15) is 9.59 Å². The maximum absolute atomic E-state index is 12.5. The van der Waals surface area contributed by atoms with Crippen LogP contribution in [0.25, 0.3) is 0 Å². The topological polar surface area (TPSA) is 62.3 Å². The van der Waals surface area contributed by atoms with E-state index in [1.807, 2.05) is 17.0 Å². The highest BCUT2D eigenvalue weighted by atomic mass is 16.2. The second kappa shape index (κ2) is 9.88. The minimum absolute atomic E-state index is 0.0413. The van der Waals surface area contributed by atoms with E-state index in [0.717, 1.165) is 51.2 Å². The average molecular weight is 406 g/mol. The zero-order valence-corrected chi connectivity index (χ0v) is 17.6. The third-order valence-electron chi connectivity index (χ3n) is 6.26. The Hall–Kier alpha value is -2.69. The first kappa shape index (κ1) is 20.6. The largest absolute Gasteiger partial charge is 0.356 e. The van der Waals surface area contributed by atoms with Crippen LogP contribution in [0.4, 0.5) is 0 Å². The van der Waals surface area contributed by atoms with Crippen molar-refractivity contribution in [2.75, 3.05) is 19.6 Å². The molecule has 1 aromatic carbocycles. The van der Waals surface area contributed by atoms with Gasteiger partial charge in [0.05, 0.1) is 0 Å². The Morgan fingerprint density at radius 2 is 1.67 bits per heavy atom. The molecule has 5 heteroatoms. The first-order valence-corrected chi connectivity index (χ1v) is 11.2. The highest BCUT2D eigenvalue weighted by molar-refractivity contribution is 5.92. The van der Waals surface area contributed by atoms with E-state index in [1.165, 1.54) is 24.0 Å². The molecule has 158 valence electrons. The molecule has 1 saturated carbocycles. The van der Waals surface area contributed by atoms with Crippen LogP contribution in [0.2, 0.25) is 0 Å². The number of piperidine rings is 1.